The average Bonchev–Trinajstić information content (AvgIpc) is 3.00. The molecule has 1 heterocycles. The minimum Gasteiger partial charge on any atom is -0.465 e. The molecule has 0 radical (unpaired) electrons. The summed E-state index contributed by atoms with van der Waals surface area (Å²) in [6.45, 7) is 2.10. The van der Waals surface area contributed by atoms with Crippen LogP contribution in [-0.2, 0) is 20.9 Å². The topological polar surface area (TPSA) is 66.8 Å². The summed E-state index contributed by atoms with van der Waals surface area (Å²) in [6, 6.07) is 17.3. The fraction of sp³-hybridized carbons (Fsp3) is 0.200. The second-order valence-corrected chi connectivity index (χ2v) is 7.39. The number of esters is 1. The van der Waals surface area contributed by atoms with Crippen LogP contribution in [0.25, 0.3) is 11.6 Å². The minimum atomic E-state index is -0.748. The molecule has 0 bridgehead atoms. The molecule has 1 aliphatic carbocycles. The molecule has 0 spiro atoms. The Hall–Kier alpha value is -3.44. The monoisotopic (exact) mass is 401 g/mol. The van der Waals surface area contributed by atoms with Crippen LogP contribution >= 0.6 is 0 Å². The average molecular weight is 401 g/mol. The number of carbonyl (C=O) groups is 2. The second kappa shape index (κ2) is 8.13. The first kappa shape index (κ1) is 19.9. The number of hydrogen-bond acceptors (Lipinski definition) is 4. The molecule has 0 aromatic heterocycles. The second-order valence-electron chi connectivity index (χ2n) is 7.39. The van der Waals surface area contributed by atoms with Crippen molar-refractivity contribution in [2.45, 2.75) is 26.0 Å². The molecule has 1 aliphatic heterocycles. The quantitative estimate of drug-likeness (QED) is 0.627. The third kappa shape index (κ3) is 3.48. The van der Waals surface area contributed by atoms with Crippen LogP contribution in [0.3, 0.4) is 0 Å². The van der Waals surface area contributed by atoms with Crippen LogP contribution in [0, 0.1) is 0 Å². The molecule has 2 aromatic rings. The largest absolute Gasteiger partial charge is 0.465 e. The minimum absolute atomic E-state index is 0.241. The van der Waals surface area contributed by atoms with E-state index in [1.165, 1.54) is 7.11 Å². The van der Waals surface area contributed by atoms with E-state index in [1.807, 2.05) is 60.7 Å². The smallest absolute Gasteiger partial charge is 0.340 e. The lowest BCUT2D eigenvalue weighted by molar-refractivity contribution is -0.136. The predicted octanol–water partition coefficient (Wildman–Crippen LogP) is 1.80. The van der Waals surface area contributed by atoms with Crippen molar-refractivity contribution in [1.29, 1.82) is 0 Å². The van der Waals surface area contributed by atoms with Gasteiger partial charge in [-0.2, -0.15) is 0 Å². The van der Waals surface area contributed by atoms with E-state index < -0.39 is 12.1 Å². The van der Waals surface area contributed by atoms with Crippen molar-refractivity contribution in [2.24, 2.45) is 0 Å². The van der Waals surface area contributed by atoms with Gasteiger partial charge in [-0.15, -0.1) is 0 Å². The van der Waals surface area contributed by atoms with Gasteiger partial charge in [-0.25, -0.2) is 4.79 Å². The van der Waals surface area contributed by atoms with E-state index in [4.69, 9.17) is 4.74 Å². The van der Waals surface area contributed by atoms with Crippen LogP contribution in [0.4, 0.5) is 0 Å². The molecule has 152 valence electrons. The highest BCUT2D eigenvalue weighted by molar-refractivity contribution is 6.14. The maximum absolute atomic E-state index is 13.3. The summed E-state index contributed by atoms with van der Waals surface area (Å²) >= 11 is 0. The van der Waals surface area contributed by atoms with Gasteiger partial charge in [0.15, 0.2) is 0 Å². The lowest BCUT2D eigenvalue weighted by Crippen LogP contribution is -2.34. The Morgan fingerprint density at radius 3 is 2.60 bits per heavy atom. The molecule has 1 N–H and O–H groups in total. The summed E-state index contributed by atoms with van der Waals surface area (Å²) in [5, 5.41) is 12.5. The van der Waals surface area contributed by atoms with Crippen molar-refractivity contribution >= 4 is 23.5 Å². The third-order valence-corrected chi connectivity index (χ3v) is 5.58. The van der Waals surface area contributed by atoms with Gasteiger partial charge in [-0.05, 0) is 41.0 Å². The normalized spacial score (nSPS) is 19.8. The van der Waals surface area contributed by atoms with Crippen LogP contribution in [0.1, 0.15) is 18.9 Å². The Kier molecular flexibility index (Phi) is 5.38. The lowest BCUT2D eigenvalue weighted by atomic mass is 9.93. The molecular weight excluding hydrogens is 378 g/mol. The molecular formula is C25H23NO4. The number of fused-ring (bicyclic) bond motifs is 1. The highest BCUT2D eigenvalue weighted by Gasteiger charge is 2.37. The molecule has 0 fully saturated rings. The Balaban J connectivity index is 1.85. The van der Waals surface area contributed by atoms with Gasteiger partial charge in [0.2, 0.25) is 0 Å². The van der Waals surface area contributed by atoms with Gasteiger partial charge in [0.1, 0.15) is 0 Å². The van der Waals surface area contributed by atoms with Gasteiger partial charge in [-0.1, -0.05) is 60.7 Å². The Bertz CT molecular complexity index is 1190. The van der Waals surface area contributed by atoms with E-state index in [9.17, 15) is 14.7 Å². The van der Waals surface area contributed by atoms with Crippen molar-refractivity contribution in [1.82, 2.24) is 4.90 Å². The molecule has 5 heteroatoms. The van der Waals surface area contributed by atoms with E-state index in [0.29, 0.717) is 24.2 Å². The van der Waals surface area contributed by atoms with E-state index in [0.717, 1.165) is 16.0 Å². The van der Waals surface area contributed by atoms with Gasteiger partial charge < -0.3 is 14.7 Å². The third-order valence-electron chi connectivity index (χ3n) is 5.58. The number of ether oxygens (including phenoxy) is 1. The molecule has 4 rings (SSSR count). The number of methoxy groups -OCH3 is 1. The standard InChI is InChI=1S/C25H23NO4/c1-16-23(25(29)30-2)21(24(28)26(16)15-17-8-4-3-5-9-17)14-20-19-11-7-6-10-18(19)12-13-22(20)27/h3-12,14,22,27H,13,15H2,1-2H3/b21-14-/t22-/m1/s1. The van der Waals surface area contributed by atoms with Crippen molar-refractivity contribution in [3.8, 4) is 0 Å². The first-order valence-electron chi connectivity index (χ1n) is 9.86. The lowest BCUT2D eigenvalue weighted by Gasteiger charge is -2.18. The Morgan fingerprint density at radius 2 is 1.87 bits per heavy atom. The number of benzene rings is 2. The number of allylic oxidation sites excluding steroid dienone is 1. The van der Waals surface area contributed by atoms with Gasteiger partial charge in [0.05, 0.1) is 30.9 Å². The molecule has 0 saturated heterocycles. The first-order valence-corrected chi connectivity index (χ1v) is 9.86. The number of amides is 1. The van der Waals surface area contributed by atoms with Crippen LogP contribution in [0.5, 0.6) is 0 Å². The number of hydrogen-bond donors (Lipinski definition) is 1. The van der Waals surface area contributed by atoms with Gasteiger partial charge in [-0.3, -0.25) is 4.79 Å². The van der Waals surface area contributed by atoms with Crippen molar-refractivity contribution in [3.05, 3.63) is 93.5 Å². The van der Waals surface area contributed by atoms with Crippen LogP contribution in [0.2, 0.25) is 0 Å². The molecule has 1 amide bonds. The number of carbonyl (C=O) groups excluding carboxylic acids is 2. The van der Waals surface area contributed by atoms with E-state index >= 15 is 0 Å². The summed E-state index contributed by atoms with van der Waals surface area (Å²) in [6.07, 6.45) is 3.33. The predicted molar refractivity (Wildman–Crippen MR) is 114 cm³/mol. The molecule has 5 nitrogen and oxygen atoms in total. The highest BCUT2D eigenvalue weighted by atomic mass is 16.5. The number of aliphatic hydroxyl groups excluding tert-OH is 1. The number of nitrogens with zero attached hydrogens (tertiary/aromatic N) is 1. The number of aliphatic hydroxyl groups is 1. The summed E-state index contributed by atoms with van der Waals surface area (Å²) in [5.74, 6) is -0.836. The van der Waals surface area contributed by atoms with Crippen LogP contribution < -0.4 is 10.4 Å². The molecule has 2 aromatic carbocycles. The zero-order chi connectivity index (χ0) is 21.3. The van der Waals surface area contributed by atoms with Gasteiger partial charge in [0.25, 0.3) is 5.91 Å². The van der Waals surface area contributed by atoms with Crippen LogP contribution in [0.15, 0.2) is 77.5 Å². The zero-order valence-corrected chi connectivity index (χ0v) is 17.0. The molecule has 30 heavy (non-hydrogen) atoms. The van der Waals surface area contributed by atoms with Crippen LogP contribution in [-0.4, -0.2) is 35.1 Å². The summed E-state index contributed by atoms with van der Waals surface area (Å²) in [7, 11) is 1.30. The fourth-order valence-electron chi connectivity index (χ4n) is 4.00. The maximum Gasteiger partial charge on any atom is 0.340 e. The highest BCUT2D eigenvalue weighted by Crippen LogP contribution is 2.33. The SMILES string of the molecule is COC(=O)C1=C(C)N(Cc2ccccc2)C(=O)/C1=C\C1=c2ccccc2=CC[C@H]1O. The summed E-state index contributed by atoms with van der Waals surface area (Å²) in [4.78, 5) is 27.5. The van der Waals surface area contributed by atoms with Gasteiger partial charge in [0, 0.05) is 5.70 Å². The fourth-order valence-corrected chi connectivity index (χ4v) is 4.00. The van der Waals surface area contributed by atoms with E-state index in [1.54, 1.807) is 17.9 Å². The van der Waals surface area contributed by atoms with Gasteiger partial charge >= 0.3 is 5.97 Å². The van der Waals surface area contributed by atoms with Crippen molar-refractivity contribution in [2.75, 3.05) is 7.11 Å². The Morgan fingerprint density at radius 1 is 1.17 bits per heavy atom. The zero-order valence-electron chi connectivity index (χ0n) is 17.0. The van der Waals surface area contributed by atoms with E-state index in [-0.39, 0.29) is 17.1 Å². The molecule has 2 aliphatic rings. The first-order chi connectivity index (χ1) is 14.5. The maximum atomic E-state index is 13.3. The van der Waals surface area contributed by atoms with E-state index in [2.05, 4.69) is 0 Å². The molecule has 0 saturated carbocycles. The van der Waals surface area contributed by atoms with Crippen molar-refractivity contribution in [3.63, 3.8) is 0 Å². The number of rotatable bonds is 4. The molecule has 1 atom stereocenters. The summed E-state index contributed by atoms with van der Waals surface area (Å²) < 4.78 is 4.97. The van der Waals surface area contributed by atoms with Crippen molar-refractivity contribution < 1.29 is 19.4 Å². The Labute approximate surface area is 174 Å². The summed E-state index contributed by atoms with van der Waals surface area (Å²) in [5.41, 5.74) is 2.63. The molecule has 0 unspecified atom stereocenters.